The van der Waals surface area contributed by atoms with Gasteiger partial charge in [-0.2, -0.15) is 0 Å². The minimum absolute atomic E-state index is 0.402. The molecule has 0 heterocycles. The van der Waals surface area contributed by atoms with Gasteiger partial charge in [-0.05, 0) is 35.9 Å². The number of nitro groups is 1. The number of carbonyl (C=O) groups is 2. The van der Waals surface area contributed by atoms with Crippen molar-refractivity contribution in [1.29, 1.82) is 0 Å². The van der Waals surface area contributed by atoms with Crippen LogP contribution in [0.5, 0.6) is 0 Å². The van der Waals surface area contributed by atoms with E-state index in [9.17, 15) is 28.1 Å². The highest BCUT2D eigenvalue weighted by Gasteiger charge is 2.35. The first-order chi connectivity index (χ1) is 16.1. The molecule has 0 unspecified atom stereocenters. The van der Waals surface area contributed by atoms with Gasteiger partial charge in [-0.3, -0.25) is 19.7 Å². The molecule has 1 amide bonds. The Labute approximate surface area is 204 Å². The van der Waals surface area contributed by atoms with Gasteiger partial charge < -0.3 is 5.32 Å². The van der Waals surface area contributed by atoms with E-state index in [1.54, 1.807) is 54.6 Å². The van der Waals surface area contributed by atoms with Crippen molar-refractivity contribution >= 4 is 49.0 Å². The molecular weight excluding hydrogens is 526 g/mol. The molecule has 176 valence electrons. The first-order valence-electron chi connectivity index (χ1n) is 10.0. The zero-order chi connectivity index (χ0) is 24.9. The van der Waals surface area contributed by atoms with Crippen molar-refractivity contribution in [2.75, 3.05) is 5.32 Å². The number of benzene rings is 3. The number of rotatable bonds is 9. The van der Waals surface area contributed by atoms with Gasteiger partial charge in [0.2, 0.25) is 15.8 Å². The zero-order valence-corrected chi connectivity index (χ0v) is 20.2. The average Bonchev–Trinajstić information content (AvgIpc) is 2.83. The highest BCUT2D eigenvalue weighted by atomic mass is 79.9. The largest absolute Gasteiger partial charge is 0.319 e. The van der Waals surface area contributed by atoms with Gasteiger partial charge in [0.1, 0.15) is 0 Å². The molecule has 0 aliphatic heterocycles. The van der Waals surface area contributed by atoms with E-state index in [1.807, 2.05) is 0 Å². The third-order valence-corrected chi connectivity index (χ3v) is 7.05. The van der Waals surface area contributed by atoms with Crippen molar-refractivity contribution in [2.24, 2.45) is 5.92 Å². The molecule has 3 aromatic carbocycles. The predicted octanol–water partition coefficient (Wildman–Crippen LogP) is 4.22. The molecule has 3 rings (SSSR count). The van der Waals surface area contributed by atoms with E-state index < -0.39 is 49.2 Å². The number of Topliss-reactive ketones (excluding diaryl/α,β-unsaturated/α-hetero) is 1. The maximum Gasteiger partial charge on any atom is 0.292 e. The second-order valence-electron chi connectivity index (χ2n) is 7.35. The Morgan fingerprint density at radius 3 is 2.15 bits per heavy atom. The molecule has 0 spiro atoms. The summed E-state index contributed by atoms with van der Waals surface area (Å²) in [6.07, 6.45) is 0. The summed E-state index contributed by atoms with van der Waals surface area (Å²) in [6, 6.07) is 18.6. The third-order valence-electron chi connectivity index (χ3n) is 5.03. The summed E-state index contributed by atoms with van der Waals surface area (Å²) in [7, 11) is -4.44. The van der Waals surface area contributed by atoms with E-state index in [4.69, 9.17) is 0 Å². The van der Waals surface area contributed by atoms with E-state index in [0.717, 1.165) is 16.6 Å². The van der Waals surface area contributed by atoms with Crippen molar-refractivity contribution in [3.8, 4) is 0 Å². The van der Waals surface area contributed by atoms with Gasteiger partial charge in [0.05, 0.1) is 11.0 Å². The summed E-state index contributed by atoms with van der Waals surface area (Å²) in [5.74, 6) is -2.91. The van der Waals surface area contributed by atoms with Gasteiger partial charge in [-0.25, -0.2) is 13.1 Å². The van der Waals surface area contributed by atoms with Crippen LogP contribution < -0.4 is 10.0 Å². The quantitative estimate of drug-likeness (QED) is 0.234. The molecule has 0 aliphatic carbocycles. The van der Waals surface area contributed by atoms with Crippen molar-refractivity contribution in [3.63, 3.8) is 0 Å². The lowest BCUT2D eigenvalue weighted by atomic mass is 9.91. The Morgan fingerprint density at radius 2 is 1.53 bits per heavy atom. The summed E-state index contributed by atoms with van der Waals surface area (Å²) in [5.41, 5.74) is 0.206. The monoisotopic (exact) mass is 545 g/mol. The van der Waals surface area contributed by atoms with Crippen LogP contribution in [-0.4, -0.2) is 25.0 Å². The number of nitro benzene ring substituents is 1. The number of anilines is 1. The van der Waals surface area contributed by atoms with Gasteiger partial charge in [-0.1, -0.05) is 65.3 Å². The molecule has 0 radical (unpaired) electrons. The Hall–Kier alpha value is -3.41. The minimum atomic E-state index is -4.44. The number of ketones is 1. The molecule has 0 fully saturated rings. The number of halogens is 1. The first kappa shape index (κ1) is 25.2. The van der Waals surface area contributed by atoms with Crippen molar-refractivity contribution < 1.29 is 22.9 Å². The maximum absolute atomic E-state index is 13.2. The number of hydrogen-bond acceptors (Lipinski definition) is 6. The molecule has 0 saturated heterocycles. The Kier molecular flexibility index (Phi) is 7.92. The molecule has 9 nitrogen and oxygen atoms in total. The second-order valence-corrected chi connectivity index (χ2v) is 9.95. The summed E-state index contributed by atoms with van der Waals surface area (Å²) >= 11 is 3.30. The second kappa shape index (κ2) is 10.7. The SMILES string of the molecule is C[C@H](C(=O)C(=O)Nc1ccccc1)[C@@H](NS(=O)(=O)c1ccccc1[N+](=O)[O-])c1ccc(Br)cc1. The molecule has 3 aromatic rings. The highest BCUT2D eigenvalue weighted by molar-refractivity contribution is 9.10. The number of sulfonamides is 1. The van der Waals surface area contributed by atoms with Gasteiger partial charge >= 0.3 is 0 Å². The number of para-hydroxylation sites is 2. The van der Waals surface area contributed by atoms with Gasteiger partial charge in [0.25, 0.3) is 11.6 Å². The molecule has 2 N–H and O–H groups in total. The summed E-state index contributed by atoms with van der Waals surface area (Å²) in [6.45, 7) is 1.42. The van der Waals surface area contributed by atoms with Crippen LogP contribution in [0.2, 0.25) is 0 Å². The fourth-order valence-electron chi connectivity index (χ4n) is 3.27. The van der Waals surface area contributed by atoms with Crippen LogP contribution in [0.15, 0.2) is 88.2 Å². The number of hydrogen-bond donors (Lipinski definition) is 2. The summed E-state index contributed by atoms with van der Waals surface area (Å²) < 4.78 is 29.4. The van der Waals surface area contributed by atoms with Crippen LogP contribution in [0.25, 0.3) is 0 Å². The van der Waals surface area contributed by atoms with E-state index in [0.29, 0.717) is 11.3 Å². The number of amides is 1. The third kappa shape index (κ3) is 5.93. The fourth-order valence-corrected chi connectivity index (χ4v) is 5.01. The maximum atomic E-state index is 13.2. The van der Waals surface area contributed by atoms with Crippen LogP contribution in [-0.2, 0) is 19.6 Å². The molecule has 0 aromatic heterocycles. The summed E-state index contributed by atoms with van der Waals surface area (Å²) in [5, 5.41) is 13.9. The van der Waals surface area contributed by atoms with Crippen molar-refractivity contribution in [1.82, 2.24) is 4.72 Å². The van der Waals surface area contributed by atoms with Crippen molar-refractivity contribution in [2.45, 2.75) is 17.9 Å². The van der Waals surface area contributed by atoms with Crippen LogP contribution in [0.3, 0.4) is 0 Å². The normalized spacial score (nSPS) is 13.0. The Bertz CT molecular complexity index is 1310. The van der Waals surface area contributed by atoms with E-state index >= 15 is 0 Å². The molecular formula is C23H20BrN3O6S. The average molecular weight is 546 g/mol. The van der Waals surface area contributed by atoms with Crippen LogP contribution in [0.4, 0.5) is 11.4 Å². The topological polar surface area (TPSA) is 135 Å². The van der Waals surface area contributed by atoms with Crippen LogP contribution in [0.1, 0.15) is 18.5 Å². The minimum Gasteiger partial charge on any atom is -0.319 e. The molecule has 2 atom stereocenters. The number of nitrogens with one attached hydrogen (secondary N) is 2. The lowest BCUT2D eigenvalue weighted by Crippen LogP contribution is -2.39. The zero-order valence-electron chi connectivity index (χ0n) is 17.8. The number of carbonyl (C=O) groups excluding carboxylic acids is 2. The fraction of sp³-hybridized carbons (Fsp3) is 0.130. The van der Waals surface area contributed by atoms with Crippen LogP contribution in [0, 0.1) is 16.0 Å². The standard InChI is InChI=1S/C23H20BrN3O6S/c1-15(22(28)23(29)25-18-7-3-2-4-8-18)21(16-11-13-17(24)14-12-16)26-34(32,33)20-10-6-5-9-19(20)27(30)31/h2-15,21,26H,1H3,(H,25,29)/t15-,21+/m0/s1. The van der Waals surface area contributed by atoms with E-state index in [-0.39, 0.29) is 0 Å². The lowest BCUT2D eigenvalue weighted by Gasteiger charge is -2.24. The predicted molar refractivity (Wildman–Crippen MR) is 130 cm³/mol. The smallest absolute Gasteiger partial charge is 0.292 e. The molecule has 11 heteroatoms. The Balaban J connectivity index is 1.96. The summed E-state index contributed by atoms with van der Waals surface area (Å²) in [4.78, 5) is 35.6. The van der Waals surface area contributed by atoms with Gasteiger partial charge in [0, 0.05) is 22.1 Å². The molecule has 0 saturated carbocycles. The van der Waals surface area contributed by atoms with Crippen molar-refractivity contribution in [3.05, 3.63) is 99.0 Å². The van der Waals surface area contributed by atoms with Gasteiger partial charge in [-0.15, -0.1) is 0 Å². The van der Waals surface area contributed by atoms with Crippen LogP contribution >= 0.6 is 15.9 Å². The Morgan fingerprint density at radius 1 is 0.941 bits per heavy atom. The highest BCUT2D eigenvalue weighted by Crippen LogP contribution is 2.30. The molecule has 0 bridgehead atoms. The van der Waals surface area contributed by atoms with E-state index in [2.05, 4.69) is 26.0 Å². The van der Waals surface area contributed by atoms with Gasteiger partial charge in [0.15, 0.2) is 4.90 Å². The van der Waals surface area contributed by atoms with E-state index in [1.165, 1.54) is 19.1 Å². The lowest BCUT2D eigenvalue weighted by molar-refractivity contribution is -0.387. The first-order valence-corrected chi connectivity index (χ1v) is 12.3. The number of nitrogens with zero attached hydrogens (tertiary/aromatic N) is 1. The molecule has 34 heavy (non-hydrogen) atoms. The molecule has 0 aliphatic rings.